The smallest absolute Gasteiger partial charge is 0.311 e. The molecule has 0 unspecified atom stereocenters. The second-order valence-electron chi connectivity index (χ2n) is 4.93. The first-order valence-electron chi connectivity index (χ1n) is 6.81. The number of carboxylic acid groups (broad SMARTS) is 1. The number of carboxylic acids is 1. The Kier molecular flexibility index (Phi) is 5.00. The molecule has 23 heavy (non-hydrogen) atoms. The Morgan fingerprint density at radius 3 is 2.78 bits per heavy atom. The number of carbonyl (C=O) groups is 2. The molecule has 122 valence electrons. The van der Waals surface area contributed by atoms with Crippen LogP contribution >= 0.6 is 0 Å². The summed E-state index contributed by atoms with van der Waals surface area (Å²) in [6.45, 7) is 1.68. The number of ether oxygens (including phenoxy) is 1. The molecule has 0 saturated carbocycles. The van der Waals surface area contributed by atoms with Gasteiger partial charge in [0.15, 0.2) is 0 Å². The highest BCUT2D eigenvalue weighted by molar-refractivity contribution is 5.97. The van der Waals surface area contributed by atoms with E-state index in [2.05, 4.69) is 5.32 Å². The minimum absolute atomic E-state index is 0.0386. The quantitative estimate of drug-likeness (QED) is 0.852. The van der Waals surface area contributed by atoms with Crippen LogP contribution in [-0.4, -0.2) is 24.1 Å². The van der Waals surface area contributed by atoms with Gasteiger partial charge in [-0.2, -0.15) is 0 Å². The third-order valence-electron chi connectivity index (χ3n) is 3.27. The first kappa shape index (κ1) is 16.5. The normalized spacial score (nSPS) is 10.4. The average molecular weight is 321 g/mol. The summed E-state index contributed by atoms with van der Waals surface area (Å²) in [5.74, 6) is -1.50. The van der Waals surface area contributed by atoms with E-state index in [1.54, 1.807) is 6.92 Å². The molecule has 1 amide bonds. The molecule has 0 bridgehead atoms. The molecule has 1 aromatic carbocycles. The van der Waals surface area contributed by atoms with E-state index < -0.39 is 17.7 Å². The molecule has 0 atom stereocenters. The van der Waals surface area contributed by atoms with Gasteiger partial charge in [-0.1, -0.05) is 0 Å². The Balaban J connectivity index is 2.16. The van der Waals surface area contributed by atoms with Crippen molar-refractivity contribution in [1.82, 2.24) is 5.32 Å². The van der Waals surface area contributed by atoms with E-state index >= 15 is 0 Å². The summed E-state index contributed by atoms with van der Waals surface area (Å²) in [6.07, 6.45) is 0.940. The number of aliphatic carboxylic acids is 1. The molecule has 7 heteroatoms. The Bertz CT molecular complexity index is 738. The van der Waals surface area contributed by atoms with Crippen molar-refractivity contribution in [3.63, 3.8) is 0 Å². The predicted molar refractivity (Wildman–Crippen MR) is 78.9 cm³/mol. The number of halogens is 1. The van der Waals surface area contributed by atoms with Gasteiger partial charge in [0.05, 0.1) is 18.9 Å². The molecule has 2 aromatic rings. The van der Waals surface area contributed by atoms with Gasteiger partial charge in [-0.15, -0.1) is 0 Å². The van der Waals surface area contributed by atoms with Gasteiger partial charge in [-0.3, -0.25) is 9.59 Å². The summed E-state index contributed by atoms with van der Waals surface area (Å²) >= 11 is 0. The minimum atomic E-state index is -1.10. The largest absolute Gasteiger partial charge is 0.496 e. The molecule has 0 aliphatic rings. The number of carbonyl (C=O) groups excluding carboxylic acids is 1. The van der Waals surface area contributed by atoms with Gasteiger partial charge in [0.1, 0.15) is 23.7 Å². The van der Waals surface area contributed by atoms with Gasteiger partial charge in [-0.25, -0.2) is 4.39 Å². The van der Waals surface area contributed by atoms with Crippen LogP contribution in [0.4, 0.5) is 4.39 Å². The van der Waals surface area contributed by atoms with Gasteiger partial charge in [0.2, 0.25) is 0 Å². The highest BCUT2D eigenvalue weighted by Crippen LogP contribution is 2.21. The lowest BCUT2D eigenvalue weighted by atomic mass is 10.1. The van der Waals surface area contributed by atoms with Crippen LogP contribution in [-0.2, 0) is 17.8 Å². The van der Waals surface area contributed by atoms with Gasteiger partial charge in [0, 0.05) is 17.7 Å². The van der Waals surface area contributed by atoms with E-state index in [9.17, 15) is 14.0 Å². The molecular weight excluding hydrogens is 305 g/mol. The summed E-state index contributed by atoms with van der Waals surface area (Å²) in [7, 11) is 1.45. The first-order valence-corrected chi connectivity index (χ1v) is 6.81. The standard InChI is InChI=1S/C16H16FNO5/c1-9-8-23-13(6-14(19)20)15(9)16(21)18-7-10-5-11(17)3-4-12(10)22-2/h3-5,8H,6-7H2,1-2H3,(H,18,21)(H,19,20). The maximum absolute atomic E-state index is 13.3. The zero-order chi connectivity index (χ0) is 17.0. The molecule has 0 spiro atoms. The van der Waals surface area contributed by atoms with Crippen molar-refractivity contribution >= 4 is 11.9 Å². The number of aryl methyl sites for hydroxylation is 1. The Hall–Kier alpha value is -2.83. The van der Waals surface area contributed by atoms with Crippen molar-refractivity contribution < 1.29 is 28.2 Å². The molecule has 6 nitrogen and oxygen atoms in total. The van der Waals surface area contributed by atoms with Crippen molar-refractivity contribution in [2.45, 2.75) is 19.9 Å². The van der Waals surface area contributed by atoms with E-state index in [1.165, 1.54) is 31.6 Å². The maximum atomic E-state index is 13.3. The van der Waals surface area contributed by atoms with Gasteiger partial charge >= 0.3 is 5.97 Å². The van der Waals surface area contributed by atoms with Gasteiger partial charge in [-0.05, 0) is 25.1 Å². The zero-order valence-electron chi connectivity index (χ0n) is 12.7. The first-order chi connectivity index (χ1) is 10.9. The predicted octanol–water partition coefficient (Wildman–Crippen LogP) is 2.29. The van der Waals surface area contributed by atoms with Crippen LogP contribution in [0.1, 0.15) is 27.2 Å². The fraction of sp³-hybridized carbons (Fsp3) is 0.250. The number of rotatable bonds is 6. The highest BCUT2D eigenvalue weighted by Gasteiger charge is 2.20. The van der Waals surface area contributed by atoms with Crippen molar-refractivity contribution in [2.75, 3.05) is 7.11 Å². The van der Waals surface area contributed by atoms with E-state index in [0.717, 1.165) is 0 Å². The van der Waals surface area contributed by atoms with E-state index in [-0.39, 0.29) is 24.3 Å². The second kappa shape index (κ2) is 6.95. The summed E-state index contributed by atoms with van der Waals surface area (Å²) in [5, 5.41) is 11.5. The summed E-state index contributed by atoms with van der Waals surface area (Å²) in [4.78, 5) is 23.1. The number of hydrogen-bond donors (Lipinski definition) is 2. The summed E-state index contributed by atoms with van der Waals surface area (Å²) in [6, 6.07) is 3.99. The molecular formula is C16H16FNO5. The van der Waals surface area contributed by atoms with Crippen LogP contribution in [0, 0.1) is 12.7 Å². The van der Waals surface area contributed by atoms with Crippen molar-refractivity contribution in [1.29, 1.82) is 0 Å². The number of amides is 1. The fourth-order valence-corrected chi connectivity index (χ4v) is 2.22. The molecule has 1 aromatic heterocycles. The molecule has 0 aliphatic carbocycles. The van der Waals surface area contributed by atoms with E-state index in [0.29, 0.717) is 16.9 Å². The van der Waals surface area contributed by atoms with Crippen molar-refractivity contribution in [3.05, 3.63) is 52.7 Å². The van der Waals surface area contributed by atoms with E-state index in [1.807, 2.05) is 0 Å². The lowest BCUT2D eigenvalue weighted by Gasteiger charge is -2.10. The maximum Gasteiger partial charge on any atom is 0.311 e. The number of furan rings is 1. The van der Waals surface area contributed by atoms with Gasteiger partial charge in [0.25, 0.3) is 5.91 Å². The molecule has 2 rings (SSSR count). The third-order valence-corrected chi connectivity index (χ3v) is 3.27. The van der Waals surface area contributed by atoms with Crippen LogP contribution in [0.25, 0.3) is 0 Å². The van der Waals surface area contributed by atoms with Gasteiger partial charge < -0.3 is 19.6 Å². The average Bonchev–Trinajstić information content (AvgIpc) is 2.85. The van der Waals surface area contributed by atoms with Crippen LogP contribution < -0.4 is 10.1 Å². The van der Waals surface area contributed by atoms with Crippen molar-refractivity contribution in [2.24, 2.45) is 0 Å². The monoisotopic (exact) mass is 321 g/mol. The SMILES string of the molecule is COc1ccc(F)cc1CNC(=O)c1c(C)coc1CC(=O)O. The Morgan fingerprint density at radius 2 is 2.13 bits per heavy atom. The minimum Gasteiger partial charge on any atom is -0.496 e. The Morgan fingerprint density at radius 1 is 1.39 bits per heavy atom. The molecule has 0 fully saturated rings. The second-order valence-corrected chi connectivity index (χ2v) is 4.93. The number of hydrogen-bond acceptors (Lipinski definition) is 4. The van der Waals surface area contributed by atoms with Crippen molar-refractivity contribution in [3.8, 4) is 5.75 Å². The molecule has 1 heterocycles. The third kappa shape index (κ3) is 3.88. The summed E-state index contributed by atoms with van der Waals surface area (Å²) < 4.78 is 23.5. The fourth-order valence-electron chi connectivity index (χ4n) is 2.22. The summed E-state index contributed by atoms with van der Waals surface area (Å²) in [5.41, 5.74) is 1.19. The van der Waals surface area contributed by atoms with Crippen LogP contribution in [0.5, 0.6) is 5.75 Å². The van der Waals surface area contributed by atoms with E-state index in [4.69, 9.17) is 14.3 Å². The number of methoxy groups -OCH3 is 1. The zero-order valence-corrected chi connectivity index (χ0v) is 12.7. The van der Waals surface area contributed by atoms with Crippen LogP contribution in [0.2, 0.25) is 0 Å². The lowest BCUT2D eigenvalue weighted by Crippen LogP contribution is -2.24. The number of benzene rings is 1. The molecule has 2 N–H and O–H groups in total. The van der Waals surface area contributed by atoms with Crippen LogP contribution in [0.15, 0.2) is 28.9 Å². The topological polar surface area (TPSA) is 88.8 Å². The molecule has 0 saturated heterocycles. The number of nitrogens with one attached hydrogen (secondary N) is 1. The highest BCUT2D eigenvalue weighted by atomic mass is 19.1. The molecule has 0 aliphatic heterocycles. The Labute approximate surface area is 131 Å². The molecule has 0 radical (unpaired) electrons. The van der Waals surface area contributed by atoms with Crippen LogP contribution in [0.3, 0.4) is 0 Å². The lowest BCUT2D eigenvalue weighted by molar-refractivity contribution is -0.136.